The van der Waals surface area contributed by atoms with Gasteiger partial charge in [-0.05, 0) is 43.0 Å². The van der Waals surface area contributed by atoms with Gasteiger partial charge in [-0.3, -0.25) is 4.79 Å². The molecule has 1 aromatic carbocycles. The highest BCUT2D eigenvalue weighted by Gasteiger charge is 2.50. The molecule has 114 valence electrons. The molecule has 1 saturated carbocycles. The number of hydrogen-bond acceptors (Lipinski definition) is 4. The highest BCUT2D eigenvalue weighted by Crippen LogP contribution is 2.46. The van der Waals surface area contributed by atoms with Crippen molar-refractivity contribution in [2.45, 2.75) is 24.7 Å². The van der Waals surface area contributed by atoms with Gasteiger partial charge in [0.2, 0.25) is 15.9 Å². The third-order valence-corrected chi connectivity index (χ3v) is 5.06. The quantitative estimate of drug-likeness (QED) is 0.713. The van der Waals surface area contributed by atoms with Gasteiger partial charge in [-0.2, -0.15) is 0 Å². The lowest BCUT2D eigenvalue weighted by Crippen LogP contribution is -2.53. The standard InChI is InChI=1S/C13H17N3O3S2/c1-8-6-13(7-8,11(14)20)12(17)16-9-2-4-10(5-3-9)21(15,18)19/h2-5,8H,6-7H2,1H3,(H2,14,20)(H,16,17)(H2,15,18,19). The molecule has 1 aliphatic carbocycles. The Kier molecular flexibility index (Phi) is 4.05. The lowest BCUT2D eigenvalue weighted by molar-refractivity contribution is -0.127. The van der Waals surface area contributed by atoms with Crippen LogP contribution in [-0.4, -0.2) is 19.3 Å². The Balaban J connectivity index is 2.15. The summed E-state index contributed by atoms with van der Waals surface area (Å²) in [6, 6.07) is 5.63. The van der Waals surface area contributed by atoms with Crippen LogP contribution in [0, 0.1) is 11.3 Å². The molecule has 1 amide bonds. The Hall–Kier alpha value is -1.51. The van der Waals surface area contributed by atoms with E-state index in [0.29, 0.717) is 24.4 Å². The lowest BCUT2D eigenvalue weighted by atomic mass is 9.62. The molecule has 21 heavy (non-hydrogen) atoms. The van der Waals surface area contributed by atoms with Crippen molar-refractivity contribution in [1.82, 2.24) is 0 Å². The van der Waals surface area contributed by atoms with Gasteiger partial charge in [0.1, 0.15) is 0 Å². The molecule has 0 heterocycles. The summed E-state index contributed by atoms with van der Waals surface area (Å²) in [6.45, 7) is 2.03. The second kappa shape index (κ2) is 5.36. The number of carbonyl (C=O) groups excluding carboxylic acids is 1. The van der Waals surface area contributed by atoms with Crippen molar-refractivity contribution < 1.29 is 13.2 Å². The number of rotatable bonds is 4. The monoisotopic (exact) mass is 327 g/mol. The first-order valence-corrected chi connectivity index (χ1v) is 8.35. The topological polar surface area (TPSA) is 115 Å². The van der Waals surface area contributed by atoms with Gasteiger partial charge in [0, 0.05) is 5.69 Å². The Morgan fingerprint density at radius 2 is 1.86 bits per heavy atom. The molecule has 0 atom stereocenters. The molecule has 0 aromatic heterocycles. The summed E-state index contributed by atoms with van der Waals surface area (Å²) in [5, 5.41) is 7.74. The third kappa shape index (κ3) is 3.07. The van der Waals surface area contributed by atoms with Crippen molar-refractivity contribution >= 4 is 38.8 Å². The molecule has 2 rings (SSSR count). The fraction of sp³-hybridized carbons (Fsp3) is 0.385. The second-order valence-electron chi connectivity index (χ2n) is 5.48. The van der Waals surface area contributed by atoms with Gasteiger partial charge in [0.05, 0.1) is 15.3 Å². The van der Waals surface area contributed by atoms with Crippen molar-refractivity contribution in [3.63, 3.8) is 0 Å². The molecule has 6 nitrogen and oxygen atoms in total. The maximum absolute atomic E-state index is 12.4. The van der Waals surface area contributed by atoms with Gasteiger partial charge in [-0.1, -0.05) is 19.1 Å². The molecule has 0 radical (unpaired) electrons. The number of carbonyl (C=O) groups is 1. The zero-order valence-corrected chi connectivity index (χ0v) is 13.1. The number of thiocarbonyl (C=S) groups is 1. The van der Waals surface area contributed by atoms with E-state index in [4.69, 9.17) is 23.1 Å². The van der Waals surface area contributed by atoms with Crippen molar-refractivity contribution in [3.05, 3.63) is 24.3 Å². The number of primary sulfonamides is 1. The van der Waals surface area contributed by atoms with E-state index >= 15 is 0 Å². The summed E-state index contributed by atoms with van der Waals surface area (Å²) in [5.74, 6) is 0.151. The average Bonchev–Trinajstić information content (AvgIpc) is 2.33. The van der Waals surface area contributed by atoms with Crippen LogP contribution in [0.15, 0.2) is 29.2 Å². The fourth-order valence-electron chi connectivity index (χ4n) is 2.61. The predicted molar refractivity (Wildman–Crippen MR) is 84.1 cm³/mol. The van der Waals surface area contributed by atoms with Crippen LogP contribution in [0.3, 0.4) is 0 Å². The number of amides is 1. The Morgan fingerprint density at radius 1 is 1.33 bits per heavy atom. The SMILES string of the molecule is CC1CC(C(=O)Nc2ccc(S(N)(=O)=O)cc2)(C(N)=S)C1. The normalized spacial score (nSPS) is 25.0. The number of hydrogen-bond donors (Lipinski definition) is 3. The van der Waals surface area contributed by atoms with E-state index in [2.05, 4.69) is 5.32 Å². The summed E-state index contributed by atoms with van der Waals surface area (Å²) >= 11 is 5.02. The Labute approximate surface area is 128 Å². The van der Waals surface area contributed by atoms with Crippen LogP contribution >= 0.6 is 12.2 Å². The van der Waals surface area contributed by atoms with E-state index < -0.39 is 15.4 Å². The van der Waals surface area contributed by atoms with Crippen molar-refractivity contribution in [3.8, 4) is 0 Å². The number of benzene rings is 1. The molecular formula is C13H17N3O3S2. The van der Waals surface area contributed by atoms with E-state index in [-0.39, 0.29) is 15.8 Å². The van der Waals surface area contributed by atoms with Gasteiger partial charge in [0.25, 0.3) is 0 Å². The zero-order chi connectivity index (χ0) is 15.8. The molecule has 8 heteroatoms. The van der Waals surface area contributed by atoms with Crippen molar-refractivity contribution in [2.75, 3.05) is 5.32 Å². The number of nitrogens with two attached hydrogens (primary N) is 2. The van der Waals surface area contributed by atoms with E-state index in [1.54, 1.807) is 0 Å². The summed E-state index contributed by atoms with van der Waals surface area (Å²) in [5.41, 5.74) is 5.38. The largest absolute Gasteiger partial charge is 0.392 e. The van der Waals surface area contributed by atoms with Gasteiger partial charge in [-0.25, -0.2) is 13.6 Å². The molecule has 0 bridgehead atoms. The van der Waals surface area contributed by atoms with Crippen molar-refractivity contribution in [1.29, 1.82) is 0 Å². The first kappa shape index (κ1) is 15.9. The number of nitrogens with one attached hydrogen (secondary N) is 1. The van der Waals surface area contributed by atoms with E-state index in [9.17, 15) is 13.2 Å². The summed E-state index contributed by atoms with van der Waals surface area (Å²) in [6.07, 6.45) is 1.26. The first-order valence-electron chi connectivity index (χ1n) is 6.39. The highest BCUT2D eigenvalue weighted by molar-refractivity contribution is 7.89. The Morgan fingerprint density at radius 3 is 2.24 bits per heavy atom. The summed E-state index contributed by atoms with van der Waals surface area (Å²) in [4.78, 5) is 12.5. The molecule has 1 aliphatic rings. The average molecular weight is 327 g/mol. The van der Waals surface area contributed by atoms with Crippen molar-refractivity contribution in [2.24, 2.45) is 22.2 Å². The van der Waals surface area contributed by atoms with E-state index in [1.165, 1.54) is 24.3 Å². The second-order valence-corrected chi connectivity index (χ2v) is 7.48. The molecule has 0 aliphatic heterocycles. The minimum absolute atomic E-state index is 0.0122. The van der Waals surface area contributed by atoms with Gasteiger partial charge in [-0.15, -0.1) is 0 Å². The smallest absolute Gasteiger partial charge is 0.238 e. The van der Waals surface area contributed by atoms with Crippen LogP contribution in [0.4, 0.5) is 5.69 Å². The van der Waals surface area contributed by atoms with Crippen LogP contribution in [0.25, 0.3) is 0 Å². The predicted octanol–water partition coefficient (Wildman–Crippen LogP) is 0.975. The van der Waals surface area contributed by atoms with E-state index in [0.717, 1.165) is 0 Å². The molecule has 1 aromatic rings. The zero-order valence-electron chi connectivity index (χ0n) is 11.5. The maximum Gasteiger partial charge on any atom is 0.238 e. The third-order valence-electron chi connectivity index (χ3n) is 3.74. The lowest BCUT2D eigenvalue weighted by Gasteiger charge is -2.44. The summed E-state index contributed by atoms with van der Waals surface area (Å²) in [7, 11) is -3.74. The first-order chi connectivity index (χ1) is 9.65. The van der Waals surface area contributed by atoms with Gasteiger partial charge >= 0.3 is 0 Å². The van der Waals surface area contributed by atoms with Crippen LogP contribution in [-0.2, 0) is 14.8 Å². The maximum atomic E-state index is 12.4. The van der Waals surface area contributed by atoms with E-state index in [1.807, 2.05) is 6.92 Å². The molecular weight excluding hydrogens is 310 g/mol. The molecule has 0 spiro atoms. The van der Waals surface area contributed by atoms with Crippen LogP contribution in [0.1, 0.15) is 19.8 Å². The van der Waals surface area contributed by atoms with Gasteiger partial charge < -0.3 is 11.1 Å². The van der Waals surface area contributed by atoms with Gasteiger partial charge in [0.15, 0.2) is 0 Å². The highest BCUT2D eigenvalue weighted by atomic mass is 32.2. The van der Waals surface area contributed by atoms with Crippen LogP contribution in [0.5, 0.6) is 0 Å². The molecule has 0 saturated heterocycles. The number of sulfonamides is 1. The molecule has 5 N–H and O–H groups in total. The fourth-order valence-corrected chi connectivity index (χ4v) is 3.38. The minimum atomic E-state index is -3.74. The Bertz CT molecular complexity index is 677. The molecule has 1 fully saturated rings. The molecule has 0 unspecified atom stereocenters. The van der Waals surface area contributed by atoms with Crippen LogP contribution in [0.2, 0.25) is 0 Å². The summed E-state index contributed by atoms with van der Waals surface area (Å²) < 4.78 is 22.3. The number of anilines is 1. The van der Waals surface area contributed by atoms with Crippen LogP contribution < -0.4 is 16.2 Å². The minimum Gasteiger partial charge on any atom is -0.392 e.